The summed E-state index contributed by atoms with van der Waals surface area (Å²) < 4.78 is 0. The van der Waals surface area contributed by atoms with Gasteiger partial charge in [0.05, 0.1) is 0 Å². The van der Waals surface area contributed by atoms with E-state index in [1.807, 2.05) is 0 Å². The summed E-state index contributed by atoms with van der Waals surface area (Å²) >= 11 is 0. The number of hydrogen-bond acceptors (Lipinski definition) is 2. The van der Waals surface area contributed by atoms with E-state index >= 15 is 0 Å². The van der Waals surface area contributed by atoms with Crippen molar-refractivity contribution in [1.82, 2.24) is 10.2 Å². The zero-order chi connectivity index (χ0) is 13.9. The molecule has 0 aliphatic heterocycles. The molecular formula is C17H30N2. The normalized spacial score (nSPS) is 11.4. The van der Waals surface area contributed by atoms with Gasteiger partial charge in [0.1, 0.15) is 0 Å². The van der Waals surface area contributed by atoms with Crippen molar-refractivity contribution < 1.29 is 0 Å². The Kier molecular flexibility index (Phi) is 8.52. The summed E-state index contributed by atoms with van der Waals surface area (Å²) in [6.07, 6.45) is 3.77. The highest BCUT2D eigenvalue weighted by molar-refractivity contribution is 5.14. The van der Waals surface area contributed by atoms with Gasteiger partial charge in [0.25, 0.3) is 0 Å². The van der Waals surface area contributed by atoms with Crippen molar-refractivity contribution in [2.75, 3.05) is 33.2 Å². The fourth-order valence-electron chi connectivity index (χ4n) is 2.11. The lowest BCUT2D eigenvalue weighted by molar-refractivity contribution is 0.334. The van der Waals surface area contributed by atoms with Gasteiger partial charge in [0.15, 0.2) is 0 Å². The fraction of sp³-hybridized carbons (Fsp3) is 0.647. The molecule has 1 aromatic carbocycles. The Hall–Kier alpha value is -0.860. The third-order valence-corrected chi connectivity index (χ3v) is 3.43. The van der Waals surface area contributed by atoms with Crippen LogP contribution in [-0.2, 0) is 6.42 Å². The molecule has 0 fully saturated rings. The third-order valence-electron chi connectivity index (χ3n) is 3.43. The van der Waals surface area contributed by atoms with E-state index in [4.69, 9.17) is 0 Å². The molecule has 1 aromatic rings. The Morgan fingerprint density at radius 1 is 1.05 bits per heavy atom. The standard InChI is InChI=1S/C17H30N2/c1-16(2)8-7-12-18-13-15-19(3)14-11-17-9-5-4-6-10-17/h4-6,9-10,16,18H,7-8,11-15H2,1-3H3. The van der Waals surface area contributed by atoms with Crippen LogP contribution in [0.1, 0.15) is 32.3 Å². The van der Waals surface area contributed by atoms with E-state index in [0.717, 1.165) is 38.5 Å². The number of likely N-dealkylation sites (N-methyl/N-ethyl adjacent to an activating group) is 1. The minimum atomic E-state index is 0.829. The first-order valence-corrected chi connectivity index (χ1v) is 7.61. The van der Waals surface area contributed by atoms with Crippen LogP contribution in [0.25, 0.3) is 0 Å². The highest BCUT2D eigenvalue weighted by Gasteiger charge is 1.99. The van der Waals surface area contributed by atoms with Crippen LogP contribution in [0.2, 0.25) is 0 Å². The molecule has 0 saturated heterocycles. The summed E-state index contributed by atoms with van der Waals surface area (Å²) in [5.74, 6) is 0.829. The molecular weight excluding hydrogens is 232 g/mol. The van der Waals surface area contributed by atoms with E-state index < -0.39 is 0 Å². The van der Waals surface area contributed by atoms with E-state index in [1.54, 1.807) is 0 Å². The molecule has 2 heteroatoms. The molecule has 2 nitrogen and oxygen atoms in total. The Labute approximate surface area is 119 Å². The molecule has 19 heavy (non-hydrogen) atoms. The number of rotatable bonds is 10. The molecule has 0 atom stereocenters. The van der Waals surface area contributed by atoms with Gasteiger partial charge >= 0.3 is 0 Å². The van der Waals surface area contributed by atoms with E-state index in [0.29, 0.717) is 0 Å². The van der Waals surface area contributed by atoms with Crippen LogP contribution in [0.15, 0.2) is 30.3 Å². The van der Waals surface area contributed by atoms with E-state index in [2.05, 4.69) is 61.4 Å². The van der Waals surface area contributed by atoms with Gasteiger partial charge in [-0.25, -0.2) is 0 Å². The van der Waals surface area contributed by atoms with Crippen LogP contribution in [0.4, 0.5) is 0 Å². The van der Waals surface area contributed by atoms with Crippen LogP contribution in [-0.4, -0.2) is 38.1 Å². The molecule has 108 valence electrons. The molecule has 0 aliphatic rings. The van der Waals surface area contributed by atoms with E-state index in [9.17, 15) is 0 Å². The lowest BCUT2D eigenvalue weighted by Crippen LogP contribution is -2.31. The highest BCUT2D eigenvalue weighted by atomic mass is 15.1. The van der Waals surface area contributed by atoms with Crippen molar-refractivity contribution in [3.8, 4) is 0 Å². The summed E-state index contributed by atoms with van der Waals surface area (Å²) in [6.45, 7) is 9.11. The summed E-state index contributed by atoms with van der Waals surface area (Å²) in [5.41, 5.74) is 1.43. The Morgan fingerprint density at radius 3 is 2.47 bits per heavy atom. The largest absolute Gasteiger partial charge is 0.315 e. The lowest BCUT2D eigenvalue weighted by atomic mass is 10.1. The topological polar surface area (TPSA) is 15.3 Å². The first kappa shape index (κ1) is 16.2. The van der Waals surface area contributed by atoms with Crippen molar-refractivity contribution in [1.29, 1.82) is 0 Å². The second-order valence-electron chi connectivity index (χ2n) is 5.82. The molecule has 0 aromatic heterocycles. The van der Waals surface area contributed by atoms with Gasteiger partial charge in [-0.2, -0.15) is 0 Å². The van der Waals surface area contributed by atoms with Gasteiger partial charge in [-0.15, -0.1) is 0 Å². The SMILES string of the molecule is CC(C)CCCNCCN(C)CCc1ccccc1. The summed E-state index contributed by atoms with van der Waals surface area (Å²) in [7, 11) is 2.21. The molecule has 1 N–H and O–H groups in total. The summed E-state index contributed by atoms with van der Waals surface area (Å²) in [5, 5.41) is 3.53. The zero-order valence-electron chi connectivity index (χ0n) is 12.9. The Bertz CT molecular complexity index is 308. The summed E-state index contributed by atoms with van der Waals surface area (Å²) in [6, 6.07) is 10.7. The zero-order valence-corrected chi connectivity index (χ0v) is 12.9. The maximum Gasteiger partial charge on any atom is 0.0104 e. The highest BCUT2D eigenvalue weighted by Crippen LogP contribution is 2.02. The number of nitrogens with one attached hydrogen (secondary N) is 1. The Morgan fingerprint density at radius 2 is 1.79 bits per heavy atom. The number of nitrogens with zero attached hydrogens (tertiary/aromatic N) is 1. The molecule has 0 aliphatic carbocycles. The molecule has 0 heterocycles. The average Bonchev–Trinajstić information content (AvgIpc) is 2.41. The number of hydrogen-bond donors (Lipinski definition) is 1. The van der Waals surface area contributed by atoms with Gasteiger partial charge in [-0.05, 0) is 44.3 Å². The predicted octanol–water partition coefficient (Wildman–Crippen LogP) is 3.19. The quantitative estimate of drug-likeness (QED) is 0.652. The molecule has 0 spiro atoms. The van der Waals surface area contributed by atoms with Crippen LogP contribution in [0, 0.1) is 5.92 Å². The van der Waals surface area contributed by atoms with Gasteiger partial charge in [-0.1, -0.05) is 44.2 Å². The van der Waals surface area contributed by atoms with Gasteiger partial charge in [-0.3, -0.25) is 0 Å². The lowest BCUT2D eigenvalue weighted by Gasteiger charge is -2.17. The fourth-order valence-corrected chi connectivity index (χ4v) is 2.11. The molecule has 1 rings (SSSR count). The van der Waals surface area contributed by atoms with Crippen molar-refractivity contribution in [2.24, 2.45) is 5.92 Å². The first-order chi connectivity index (χ1) is 9.18. The van der Waals surface area contributed by atoms with Crippen LogP contribution in [0.3, 0.4) is 0 Å². The molecule has 0 amide bonds. The monoisotopic (exact) mass is 262 g/mol. The third kappa shape index (κ3) is 8.79. The summed E-state index contributed by atoms with van der Waals surface area (Å²) in [4.78, 5) is 2.41. The molecule has 0 bridgehead atoms. The predicted molar refractivity (Wildman–Crippen MR) is 84.6 cm³/mol. The molecule has 0 radical (unpaired) electrons. The smallest absolute Gasteiger partial charge is 0.0104 e. The maximum atomic E-state index is 3.53. The minimum absolute atomic E-state index is 0.829. The van der Waals surface area contributed by atoms with Crippen molar-refractivity contribution in [3.63, 3.8) is 0 Å². The maximum absolute atomic E-state index is 3.53. The minimum Gasteiger partial charge on any atom is -0.315 e. The average molecular weight is 262 g/mol. The van der Waals surface area contributed by atoms with Gasteiger partial charge in [0, 0.05) is 19.6 Å². The second kappa shape index (κ2) is 9.99. The van der Waals surface area contributed by atoms with Gasteiger partial charge < -0.3 is 10.2 Å². The van der Waals surface area contributed by atoms with Crippen LogP contribution in [0.5, 0.6) is 0 Å². The molecule has 0 unspecified atom stereocenters. The van der Waals surface area contributed by atoms with Crippen LogP contribution >= 0.6 is 0 Å². The second-order valence-corrected chi connectivity index (χ2v) is 5.82. The van der Waals surface area contributed by atoms with Gasteiger partial charge in [0.2, 0.25) is 0 Å². The van der Waals surface area contributed by atoms with Crippen LogP contribution < -0.4 is 5.32 Å². The van der Waals surface area contributed by atoms with E-state index in [-0.39, 0.29) is 0 Å². The van der Waals surface area contributed by atoms with Crippen molar-refractivity contribution in [2.45, 2.75) is 33.1 Å². The van der Waals surface area contributed by atoms with E-state index in [1.165, 1.54) is 18.4 Å². The number of benzene rings is 1. The molecule has 0 saturated carbocycles. The Balaban J connectivity index is 1.98. The van der Waals surface area contributed by atoms with Crippen molar-refractivity contribution >= 4 is 0 Å². The van der Waals surface area contributed by atoms with Crippen molar-refractivity contribution in [3.05, 3.63) is 35.9 Å². The first-order valence-electron chi connectivity index (χ1n) is 7.61.